The Morgan fingerprint density at radius 1 is 1.00 bits per heavy atom. The summed E-state index contributed by atoms with van der Waals surface area (Å²) in [7, 11) is -3.54. The summed E-state index contributed by atoms with van der Waals surface area (Å²) in [6.45, 7) is 0. The van der Waals surface area contributed by atoms with Gasteiger partial charge in [0.05, 0.1) is 15.5 Å². The largest absolute Gasteiger partial charge is 0.298 e. The van der Waals surface area contributed by atoms with E-state index < -0.39 is 9.84 Å². The Bertz CT molecular complexity index is 1400. The molecule has 0 bridgehead atoms. The number of nitrogens with one attached hydrogen (secondary N) is 1. The minimum absolute atomic E-state index is 0.124. The van der Waals surface area contributed by atoms with Crippen molar-refractivity contribution >= 4 is 48.1 Å². The molecule has 1 aromatic heterocycles. The van der Waals surface area contributed by atoms with Gasteiger partial charge in [-0.3, -0.25) is 10.1 Å². The third-order valence-corrected chi connectivity index (χ3v) is 7.31. The molecule has 0 aliphatic carbocycles. The van der Waals surface area contributed by atoms with E-state index in [4.69, 9.17) is 0 Å². The molecular formula is C23H16BrFN2O3S2. The molecule has 4 aromatic rings. The van der Waals surface area contributed by atoms with Crippen LogP contribution in [0.1, 0.15) is 10.4 Å². The minimum Gasteiger partial charge on any atom is -0.298 e. The van der Waals surface area contributed by atoms with E-state index in [9.17, 15) is 17.6 Å². The van der Waals surface area contributed by atoms with Crippen molar-refractivity contribution in [3.63, 3.8) is 0 Å². The lowest BCUT2D eigenvalue weighted by molar-refractivity contribution is 0.102. The lowest BCUT2D eigenvalue weighted by Gasteiger charge is -2.08. The van der Waals surface area contributed by atoms with Gasteiger partial charge < -0.3 is 0 Å². The number of nitrogens with zero attached hydrogens (tertiary/aromatic N) is 1. The number of halogens is 2. The van der Waals surface area contributed by atoms with Gasteiger partial charge in [0.15, 0.2) is 15.0 Å². The van der Waals surface area contributed by atoms with Crippen LogP contribution in [0.2, 0.25) is 0 Å². The maximum absolute atomic E-state index is 13.5. The zero-order valence-electron chi connectivity index (χ0n) is 16.7. The fourth-order valence-corrected chi connectivity index (χ4v) is 5.24. The third-order valence-electron chi connectivity index (χ3n) is 4.60. The van der Waals surface area contributed by atoms with Gasteiger partial charge in [0.2, 0.25) is 0 Å². The molecule has 0 aliphatic rings. The summed E-state index contributed by atoms with van der Waals surface area (Å²) >= 11 is 4.53. The predicted molar refractivity (Wildman–Crippen MR) is 128 cm³/mol. The average molecular weight is 531 g/mol. The van der Waals surface area contributed by atoms with E-state index >= 15 is 0 Å². The molecule has 162 valence electrons. The number of sulfone groups is 1. The van der Waals surface area contributed by atoms with Crippen LogP contribution in [0.5, 0.6) is 0 Å². The van der Waals surface area contributed by atoms with Crippen LogP contribution in [0.25, 0.3) is 21.7 Å². The van der Waals surface area contributed by atoms with Gasteiger partial charge in [0.25, 0.3) is 5.91 Å². The van der Waals surface area contributed by atoms with Crippen LogP contribution in [0, 0.1) is 5.82 Å². The van der Waals surface area contributed by atoms with Crippen LogP contribution < -0.4 is 5.32 Å². The zero-order valence-corrected chi connectivity index (χ0v) is 19.9. The smallest absolute Gasteiger partial charge is 0.257 e. The summed E-state index contributed by atoms with van der Waals surface area (Å²) in [5.74, 6) is -0.736. The van der Waals surface area contributed by atoms with E-state index in [1.165, 1.54) is 29.5 Å². The Kier molecular flexibility index (Phi) is 6.23. The highest BCUT2D eigenvalue weighted by Gasteiger charge is 2.22. The van der Waals surface area contributed by atoms with Crippen LogP contribution in [-0.4, -0.2) is 25.6 Å². The normalized spacial score (nSPS) is 11.3. The van der Waals surface area contributed by atoms with E-state index in [1.807, 2.05) is 0 Å². The van der Waals surface area contributed by atoms with Crippen molar-refractivity contribution in [3.8, 4) is 21.7 Å². The van der Waals surface area contributed by atoms with Crippen LogP contribution in [-0.2, 0) is 9.84 Å². The van der Waals surface area contributed by atoms with Crippen molar-refractivity contribution in [2.24, 2.45) is 0 Å². The van der Waals surface area contributed by atoms with Crippen LogP contribution in [0.3, 0.4) is 0 Å². The molecule has 0 spiro atoms. The Morgan fingerprint density at radius 3 is 2.31 bits per heavy atom. The monoisotopic (exact) mass is 530 g/mol. The maximum atomic E-state index is 13.5. The minimum atomic E-state index is -3.54. The summed E-state index contributed by atoms with van der Waals surface area (Å²) in [5, 5.41) is 3.08. The Labute approximate surface area is 197 Å². The Balaban J connectivity index is 1.82. The van der Waals surface area contributed by atoms with Gasteiger partial charge in [0, 0.05) is 21.9 Å². The van der Waals surface area contributed by atoms with Crippen molar-refractivity contribution in [1.29, 1.82) is 0 Å². The van der Waals surface area contributed by atoms with Crippen molar-refractivity contribution in [1.82, 2.24) is 4.98 Å². The fourth-order valence-electron chi connectivity index (χ4n) is 3.11. The summed E-state index contributed by atoms with van der Waals surface area (Å²) in [6.07, 6.45) is 1.13. The van der Waals surface area contributed by atoms with E-state index in [1.54, 1.807) is 54.6 Å². The number of hydrogen-bond acceptors (Lipinski definition) is 5. The molecule has 0 atom stereocenters. The summed E-state index contributed by atoms with van der Waals surface area (Å²) in [6, 6.07) is 19.2. The topological polar surface area (TPSA) is 76.1 Å². The summed E-state index contributed by atoms with van der Waals surface area (Å²) in [4.78, 5) is 18.0. The first-order chi connectivity index (χ1) is 15.2. The number of thiazole rings is 1. The second kappa shape index (κ2) is 8.93. The molecule has 1 N–H and O–H groups in total. The molecule has 3 aromatic carbocycles. The van der Waals surface area contributed by atoms with Gasteiger partial charge in [-0.05, 0) is 48.0 Å². The first-order valence-corrected chi connectivity index (χ1v) is 12.9. The maximum Gasteiger partial charge on any atom is 0.257 e. The number of carbonyl (C=O) groups excluding carboxylic acids is 1. The molecule has 0 radical (unpaired) electrons. The molecule has 1 amide bonds. The van der Waals surface area contributed by atoms with Gasteiger partial charge in [-0.25, -0.2) is 17.8 Å². The SMILES string of the molecule is CS(=O)(=O)c1ccccc1-c1nc(NC(=O)c2ccc(Br)cc2)sc1-c1ccc(F)cc1. The molecule has 0 fully saturated rings. The number of anilines is 1. The van der Waals surface area contributed by atoms with E-state index in [2.05, 4.69) is 26.2 Å². The number of amides is 1. The van der Waals surface area contributed by atoms with Crippen LogP contribution in [0.15, 0.2) is 82.2 Å². The molecule has 5 nitrogen and oxygen atoms in total. The van der Waals surface area contributed by atoms with E-state index in [0.717, 1.165) is 10.7 Å². The number of benzene rings is 3. The lowest BCUT2D eigenvalue weighted by Crippen LogP contribution is -2.11. The zero-order chi connectivity index (χ0) is 22.9. The molecule has 32 heavy (non-hydrogen) atoms. The molecule has 0 saturated heterocycles. The van der Waals surface area contributed by atoms with Gasteiger partial charge >= 0.3 is 0 Å². The molecule has 0 aliphatic heterocycles. The highest BCUT2D eigenvalue weighted by Crippen LogP contribution is 2.41. The average Bonchev–Trinajstić information content (AvgIpc) is 3.17. The second-order valence-corrected chi connectivity index (χ2v) is 10.8. The van der Waals surface area contributed by atoms with E-state index in [-0.39, 0.29) is 16.6 Å². The summed E-state index contributed by atoms with van der Waals surface area (Å²) < 4.78 is 39.1. The van der Waals surface area contributed by atoms with Crippen molar-refractivity contribution in [2.45, 2.75) is 4.90 Å². The van der Waals surface area contributed by atoms with E-state index in [0.29, 0.717) is 32.4 Å². The third kappa shape index (κ3) is 4.79. The molecule has 0 saturated carbocycles. The number of hydrogen-bond donors (Lipinski definition) is 1. The van der Waals surface area contributed by atoms with Crippen LogP contribution >= 0.6 is 27.3 Å². The van der Waals surface area contributed by atoms with Gasteiger partial charge in [0.1, 0.15) is 5.82 Å². The highest BCUT2D eigenvalue weighted by atomic mass is 79.9. The number of rotatable bonds is 5. The second-order valence-electron chi connectivity index (χ2n) is 6.93. The van der Waals surface area contributed by atoms with Crippen molar-refractivity contribution < 1.29 is 17.6 Å². The van der Waals surface area contributed by atoms with Crippen molar-refractivity contribution in [3.05, 3.63) is 88.6 Å². The van der Waals surface area contributed by atoms with Crippen molar-refractivity contribution in [2.75, 3.05) is 11.6 Å². The van der Waals surface area contributed by atoms with Gasteiger partial charge in [-0.15, -0.1) is 0 Å². The Morgan fingerprint density at radius 2 is 1.66 bits per heavy atom. The highest BCUT2D eigenvalue weighted by molar-refractivity contribution is 9.10. The Hall–Kier alpha value is -2.88. The first kappa shape index (κ1) is 22.3. The standard InChI is InChI=1S/C23H16BrFN2O3S2/c1-32(29,30)19-5-3-2-4-18(19)20-21(14-8-12-17(25)13-9-14)31-23(26-20)27-22(28)15-6-10-16(24)11-7-15/h2-13H,1H3,(H,26,27,28). The molecule has 9 heteroatoms. The predicted octanol–water partition coefficient (Wildman–Crippen LogP) is 6.03. The number of carbonyl (C=O) groups is 1. The van der Waals surface area contributed by atoms with Gasteiger partial charge in [-0.2, -0.15) is 0 Å². The molecule has 1 heterocycles. The quantitative estimate of drug-likeness (QED) is 0.341. The fraction of sp³-hybridized carbons (Fsp3) is 0.0435. The first-order valence-electron chi connectivity index (χ1n) is 9.35. The number of aromatic nitrogens is 1. The van der Waals surface area contributed by atoms with Crippen LogP contribution in [0.4, 0.5) is 9.52 Å². The summed E-state index contributed by atoms with van der Waals surface area (Å²) in [5.41, 5.74) is 1.92. The molecule has 4 rings (SSSR count). The lowest BCUT2D eigenvalue weighted by atomic mass is 10.1. The van der Waals surface area contributed by atoms with Gasteiger partial charge in [-0.1, -0.05) is 57.6 Å². The molecule has 0 unspecified atom stereocenters. The molecular weight excluding hydrogens is 515 g/mol.